The van der Waals surface area contributed by atoms with Gasteiger partial charge in [-0.2, -0.15) is 0 Å². The minimum atomic E-state index is -1.02. The monoisotopic (exact) mass is 338 g/mol. The van der Waals surface area contributed by atoms with Crippen molar-refractivity contribution in [2.24, 2.45) is 0 Å². The summed E-state index contributed by atoms with van der Waals surface area (Å²) in [7, 11) is 0. The number of halogens is 1. The number of esters is 1. The number of carbonyl (C=O) groups excluding carboxylic acids is 2. The molecule has 1 atom stereocenters. The van der Waals surface area contributed by atoms with Gasteiger partial charge in [-0.1, -0.05) is 24.3 Å². The molecule has 1 N–H and O–H groups in total. The topological polar surface area (TPSA) is 68.3 Å². The highest BCUT2D eigenvalue weighted by atomic mass is 19.1. The number of rotatable bonds is 4. The molecule has 0 radical (unpaired) electrons. The van der Waals surface area contributed by atoms with Crippen molar-refractivity contribution in [1.29, 1.82) is 0 Å². The Bertz CT molecular complexity index is 925. The zero-order valence-electron chi connectivity index (χ0n) is 13.4. The number of amides is 1. The van der Waals surface area contributed by atoms with Crippen LogP contribution in [0.1, 0.15) is 17.4 Å². The van der Waals surface area contributed by atoms with Gasteiger partial charge in [0, 0.05) is 11.1 Å². The Labute approximate surface area is 143 Å². The fourth-order valence-electron chi connectivity index (χ4n) is 2.23. The Kier molecular flexibility index (Phi) is 4.70. The summed E-state index contributed by atoms with van der Waals surface area (Å²) in [5, 5.41) is 3.46. The SMILES string of the molecule is C[C@@H](OC(=O)c1ccc2ccccc2n1)C(=O)Nc1ccc(F)cc1. The summed E-state index contributed by atoms with van der Waals surface area (Å²) in [6, 6.07) is 16.0. The molecule has 1 aromatic heterocycles. The Hall–Kier alpha value is -3.28. The van der Waals surface area contributed by atoms with Crippen molar-refractivity contribution in [2.45, 2.75) is 13.0 Å². The highest BCUT2D eigenvalue weighted by Crippen LogP contribution is 2.14. The molecule has 0 aliphatic heterocycles. The molecule has 0 spiro atoms. The van der Waals surface area contributed by atoms with E-state index in [2.05, 4.69) is 10.3 Å². The van der Waals surface area contributed by atoms with E-state index in [1.807, 2.05) is 18.2 Å². The first-order valence-corrected chi connectivity index (χ1v) is 7.66. The Morgan fingerprint density at radius 3 is 2.52 bits per heavy atom. The molecule has 0 bridgehead atoms. The van der Waals surface area contributed by atoms with Crippen LogP contribution in [0.2, 0.25) is 0 Å². The summed E-state index contributed by atoms with van der Waals surface area (Å²) in [6.45, 7) is 1.46. The lowest BCUT2D eigenvalue weighted by molar-refractivity contribution is -0.123. The third-order valence-electron chi connectivity index (χ3n) is 3.57. The van der Waals surface area contributed by atoms with Gasteiger partial charge in [0.2, 0.25) is 0 Å². The minimum Gasteiger partial charge on any atom is -0.448 e. The van der Waals surface area contributed by atoms with Crippen molar-refractivity contribution in [1.82, 2.24) is 4.98 Å². The van der Waals surface area contributed by atoms with Gasteiger partial charge in [-0.15, -0.1) is 0 Å². The number of aromatic nitrogens is 1. The van der Waals surface area contributed by atoms with E-state index in [9.17, 15) is 14.0 Å². The van der Waals surface area contributed by atoms with Gasteiger partial charge >= 0.3 is 5.97 Å². The van der Waals surface area contributed by atoms with Crippen LogP contribution < -0.4 is 5.32 Å². The highest BCUT2D eigenvalue weighted by Gasteiger charge is 2.20. The molecule has 0 unspecified atom stereocenters. The minimum absolute atomic E-state index is 0.125. The zero-order chi connectivity index (χ0) is 17.8. The zero-order valence-corrected chi connectivity index (χ0v) is 13.4. The first-order valence-electron chi connectivity index (χ1n) is 7.66. The Morgan fingerprint density at radius 1 is 1.04 bits per heavy atom. The molecule has 6 heteroatoms. The number of pyridine rings is 1. The Balaban J connectivity index is 1.66. The van der Waals surface area contributed by atoms with E-state index >= 15 is 0 Å². The molecular formula is C19H15FN2O3. The van der Waals surface area contributed by atoms with Crippen LogP contribution in [0.4, 0.5) is 10.1 Å². The number of nitrogens with zero attached hydrogens (tertiary/aromatic N) is 1. The lowest BCUT2D eigenvalue weighted by atomic mass is 10.2. The number of ether oxygens (including phenoxy) is 1. The maximum absolute atomic E-state index is 12.9. The number of nitrogens with one attached hydrogen (secondary N) is 1. The van der Waals surface area contributed by atoms with E-state index in [0.29, 0.717) is 11.2 Å². The fourth-order valence-corrected chi connectivity index (χ4v) is 2.23. The lowest BCUT2D eigenvalue weighted by Gasteiger charge is -2.13. The van der Waals surface area contributed by atoms with E-state index < -0.39 is 23.8 Å². The average molecular weight is 338 g/mol. The van der Waals surface area contributed by atoms with Gasteiger partial charge in [-0.25, -0.2) is 14.2 Å². The third kappa shape index (κ3) is 3.98. The number of fused-ring (bicyclic) bond motifs is 1. The smallest absolute Gasteiger partial charge is 0.357 e. The molecule has 0 fully saturated rings. The molecule has 126 valence electrons. The van der Waals surface area contributed by atoms with Gasteiger partial charge in [0.05, 0.1) is 5.52 Å². The second-order valence-corrected chi connectivity index (χ2v) is 5.43. The van der Waals surface area contributed by atoms with Crippen LogP contribution >= 0.6 is 0 Å². The third-order valence-corrected chi connectivity index (χ3v) is 3.57. The summed E-state index contributed by atoms with van der Waals surface area (Å²) in [5.74, 6) is -1.60. The molecular weight excluding hydrogens is 323 g/mol. The number of carbonyl (C=O) groups is 2. The van der Waals surface area contributed by atoms with E-state index in [1.54, 1.807) is 18.2 Å². The largest absolute Gasteiger partial charge is 0.448 e. The van der Waals surface area contributed by atoms with Crippen molar-refractivity contribution < 1.29 is 18.7 Å². The van der Waals surface area contributed by atoms with E-state index in [0.717, 1.165) is 5.39 Å². The van der Waals surface area contributed by atoms with Crippen LogP contribution in [0.3, 0.4) is 0 Å². The number of anilines is 1. The summed E-state index contributed by atoms with van der Waals surface area (Å²) in [5.41, 5.74) is 1.21. The normalized spacial score (nSPS) is 11.8. The van der Waals surface area contributed by atoms with E-state index in [4.69, 9.17) is 4.74 Å². The van der Waals surface area contributed by atoms with Gasteiger partial charge < -0.3 is 10.1 Å². The van der Waals surface area contributed by atoms with E-state index in [-0.39, 0.29) is 5.69 Å². The summed E-state index contributed by atoms with van der Waals surface area (Å²) in [6.07, 6.45) is -1.02. The van der Waals surface area contributed by atoms with Crippen LogP contribution in [0.5, 0.6) is 0 Å². The second-order valence-electron chi connectivity index (χ2n) is 5.43. The highest BCUT2D eigenvalue weighted by molar-refractivity contribution is 5.97. The second kappa shape index (κ2) is 7.09. The van der Waals surface area contributed by atoms with Crippen molar-refractivity contribution in [3.8, 4) is 0 Å². The first-order chi connectivity index (χ1) is 12.0. The van der Waals surface area contributed by atoms with Crippen LogP contribution in [-0.2, 0) is 9.53 Å². The standard InChI is InChI=1S/C19H15FN2O3/c1-12(18(23)21-15-9-7-14(20)8-10-15)25-19(24)17-11-6-13-4-2-3-5-16(13)22-17/h2-12H,1H3,(H,21,23)/t12-/m1/s1. The molecule has 1 amide bonds. The molecule has 3 rings (SSSR count). The average Bonchev–Trinajstić information content (AvgIpc) is 2.63. The number of benzene rings is 2. The molecule has 0 aliphatic carbocycles. The molecule has 25 heavy (non-hydrogen) atoms. The predicted octanol–water partition coefficient (Wildman–Crippen LogP) is 3.56. The lowest BCUT2D eigenvalue weighted by Crippen LogP contribution is -2.30. The molecule has 3 aromatic rings. The number of hydrogen-bond acceptors (Lipinski definition) is 4. The van der Waals surface area contributed by atoms with Gasteiger partial charge in [0.25, 0.3) is 5.91 Å². The molecule has 0 saturated carbocycles. The molecule has 2 aromatic carbocycles. The summed E-state index contributed by atoms with van der Waals surface area (Å²) < 4.78 is 18.0. The molecule has 0 aliphatic rings. The van der Waals surface area contributed by atoms with Crippen molar-refractivity contribution in [2.75, 3.05) is 5.32 Å². The van der Waals surface area contributed by atoms with E-state index in [1.165, 1.54) is 31.2 Å². The molecule has 0 saturated heterocycles. The Morgan fingerprint density at radius 2 is 1.76 bits per heavy atom. The number of para-hydroxylation sites is 1. The van der Waals surface area contributed by atoms with Crippen molar-refractivity contribution in [3.63, 3.8) is 0 Å². The molecule has 5 nitrogen and oxygen atoms in total. The summed E-state index contributed by atoms with van der Waals surface area (Å²) in [4.78, 5) is 28.5. The van der Waals surface area contributed by atoms with Crippen LogP contribution in [-0.4, -0.2) is 23.0 Å². The van der Waals surface area contributed by atoms with Crippen LogP contribution in [0.25, 0.3) is 10.9 Å². The molecule has 1 heterocycles. The summed E-state index contributed by atoms with van der Waals surface area (Å²) >= 11 is 0. The van der Waals surface area contributed by atoms with Gasteiger partial charge in [-0.3, -0.25) is 4.79 Å². The van der Waals surface area contributed by atoms with Gasteiger partial charge in [0.1, 0.15) is 11.5 Å². The predicted molar refractivity (Wildman–Crippen MR) is 91.7 cm³/mol. The maximum Gasteiger partial charge on any atom is 0.357 e. The maximum atomic E-state index is 12.9. The van der Waals surface area contributed by atoms with Crippen molar-refractivity contribution >= 4 is 28.5 Å². The first kappa shape index (κ1) is 16.6. The van der Waals surface area contributed by atoms with Gasteiger partial charge in [-0.05, 0) is 43.3 Å². The fraction of sp³-hybridized carbons (Fsp3) is 0.105. The number of hydrogen-bond donors (Lipinski definition) is 1. The van der Waals surface area contributed by atoms with Crippen LogP contribution in [0.15, 0.2) is 60.7 Å². The quantitative estimate of drug-likeness (QED) is 0.739. The van der Waals surface area contributed by atoms with Crippen molar-refractivity contribution in [3.05, 3.63) is 72.2 Å². The van der Waals surface area contributed by atoms with Crippen LogP contribution in [0, 0.1) is 5.82 Å². The van der Waals surface area contributed by atoms with Gasteiger partial charge in [0.15, 0.2) is 6.10 Å².